The molecule has 0 aromatic heterocycles. The second-order valence-electron chi connectivity index (χ2n) is 7.13. The summed E-state index contributed by atoms with van der Waals surface area (Å²) in [6, 6.07) is 0. The summed E-state index contributed by atoms with van der Waals surface area (Å²) < 4.78 is 16.6. The molecule has 0 aliphatic heterocycles. The van der Waals surface area contributed by atoms with E-state index in [0.29, 0.717) is 33.0 Å². The van der Waals surface area contributed by atoms with Gasteiger partial charge in [-0.3, -0.25) is 4.79 Å². The first-order valence-electron chi connectivity index (χ1n) is 11.3. The third-order valence-corrected chi connectivity index (χ3v) is 5.47. The van der Waals surface area contributed by atoms with Gasteiger partial charge in [0.2, 0.25) is 0 Å². The molecule has 168 valence electrons. The van der Waals surface area contributed by atoms with E-state index in [1.165, 1.54) is 57.8 Å². The second-order valence-corrected chi connectivity index (χ2v) is 8.35. The van der Waals surface area contributed by atoms with Gasteiger partial charge in [0.25, 0.3) is 0 Å². The highest BCUT2D eigenvalue weighted by Crippen LogP contribution is 2.10. The van der Waals surface area contributed by atoms with Crippen molar-refractivity contribution < 1.29 is 24.1 Å². The number of aliphatic carboxylic acids is 1. The summed E-state index contributed by atoms with van der Waals surface area (Å²) in [5, 5.41) is 8.53. The van der Waals surface area contributed by atoms with Gasteiger partial charge in [0, 0.05) is 18.8 Å². The number of ether oxygens (including phenoxy) is 3. The van der Waals surface area contributed by atoms with Gasteiger partial charge in [-0.2, -0.15) is 11.8 Å². The van der Waals surface area contributed by atoms with Crippen LogP contribution in [-0.4, -0.2) is 62.2 Å². The van der Waals surface area contributed by atoms with Gasteiger partial charge in [-0.1, -0.05) is 64.7 Å². The number of carbonyl (C=O) groups is 1. The average Bonchev–Trinajstić information content (AvgIpc) is 2.68. The largest absolute Gasteiger partial charge is 0.481 e. The molecule has 0 aliphatic rings. The van der Waals surface area contributed by atoms with Crippen LogP contribution in [0.15, 0.2) is 0 Å². The van der Waals surface area contributed by atoms with Crippen LogP contribution in [0.1, 0.15) is 84.0 Å². The van der Waals surface area contributed by atoms with Crippen molar-refractivity contribution in [2.24, 2.45) is 0 Å². The highest BCUT2D eigenvalue weighted by Gasteiger charge is 1.97. The van der Waals surface area contributed by atoms with Crippen molar-refractivity contribution in [2.75, 3.05) is 51.1 Å². The summed E-state index contributed by atoms with van der Waals surface area (Å²) in [4.78, 5) is 10.4. The molecule has 28 heavy (non-hydrogen) atoms. The fraction of sp³-hybridized carbons (Fsp3) is 0.955. The Kier molecular flexibility index (Phi) is 24.5. The Hall–Kier alpha value is -0.300. The lowest BCUT2D eigenvalue weighted by atomic mass is 10.1. The lowest BCUT2D eigenvalue weighted by molar-refractivity contribution is -0.137. The Morgan fingerprint density at radius 1 is 0.643 bits per heavy atom. The smallest absolute Gasteiger partial charge is 0.303 e. The second kappa shape index (κ2) is 24.7. The Morgan fingerprint density at radius 2 is 1.14 bits per heavy atom. The number of thioether (sulfide) groups is 1. The molecule has 0 atom stereocenters. The van der Waals surface area contributed by atoms with Gasteiger partial charge < -0.3 is 19.3 Å². The Bertz CT molecular complexity index is 315. The molecule has 0 saturated carbocycles. The molecular formula is C22H44O5S. The van der Waals surface area contributed by atoms with Gasteiger partial charge in [0.15, 0.2) is 0 Å². The van der Waals surface area contributed by atoms with Gasteiger partial charge in [-0.05, 0) is 18.6 Å². The zero-order valence-electron chi connectivity index (χ0n) is 18.1. The van der Waals surface area contributed by atoms with Crippen LogP contribution in [0.2, 0.25) is 0 Å². The first-order valence-corrected chi connectivity index (χ1v) is 12.5. The van der Waals surface area contributed by atoms with Crippen LogP contribution in [0.3, 0.4) is 0 Å². The fourth-order valence-electron chi connectivity index (χ4n) is 2.78. The third kappa shape index (κ3) is 25.7. The molecule has 1 N–H and O–H groups in total. The SMILES string of the molecule is CCCCCCCCCCCCOCCOCCOCCSCCCC(=O)O. The quantitative estimate of drug-likeness (QED) is 0.206. The maximum atomic E-state index is 10.4. The first-order chi connectivity index (χ1) is 13.8. The van der Waals surface area contributed by atoms with E-state index < -0.39 is 5.97 Å². The van der Waals surface area contributed by atoms with Crippen LogP contribution < -0.4 is 0 Å². The summed E-state index contributed by atoms with van der Waals surface area (Å²) in [5.74, 6) is 1.06. The molecule has 0 amide bonds. The lowest BCUT2D eigenvalue weighted by Gasteiger charge is -2.07. The summed E-state index contributed by atoms with van der Waals surface area (Å²) in [6.45, 7) is 6.30. The monoisotopic (exact) mass is 420 g/mol. The summed E-state index contributed by atoms with van der Waals surface area (Å²) in [6.07, 6.45) is 14.5. The number of hydrogen-bond donors (Lipinski definition) is 1. The predicted octanol–water partition coefficient (Wildman–Crippen LogP) is 5.56. The van der Waals surface area contributed by atoms with E-state index in [1.54, 1.807) is 11.8 Å². The first kappa shape index (κ1) is 27.7. The Labute approximate surface area is 177 Å². The molecule has 0 aliphatic carbocycles. The maximum Gasteiger partial charge on any atom is 0.303 e. The van der Waals surface area contributed by atoms with E-state index in [-0.39, 0.29) is 6.42 Å². The molecule has 0 aromatic rings. The van der Waals surface area contributed by atoms with Crippen molar-refractivity contribution in [1.29, 1.82) is 0 Å². The van der Waals surface area contributed by atoms with Gasteiger partial charge in [-0.25, -0.2) is 0 Å². The number of unbranched alkanes of at least 4 members (excludes halogenated alkanes) is 9. The number of carboxylic acids is 1. The highest BCUT2D eigenvalue weighted by molar-refractivity contribution is 7.99. The van der Waals surface area contributed by atoms with E-state index >= 15 is 0 Å². The Balaban J connectivity index is 2.99. The number of carboxylic acid groups (broad SMARTS) is 1. The normalized spacial score (nSPS) is 11.2. The average molecular weight is 421 g/mol. The van der Waals surface area contributed by atoms with E-state index in [1.807, 2.05) is 0 Å². The van der Waals surface area contributed by atoms with Crippen LogP contribution in [0.4, 0.5) is 0 Å². The number of hydrogen-bond acceptors (Lipinski definition) is 5. The minimum absolute atomic E-state index is 0.253. The highest BCUT2D eigenvalue weighted by atomic mass is 32.2. The van der Waals surface area contributed by atoms with Crippen LogP contribution in [0.25, 0.3) is 0 Å². The van der Waals surface area contributed by atoms with Crippen LogP contribution in [0.5, 0.6) is 0 Å². The van der Waals surface area contributed by atoms with Crippen LogP contribution in [0, 0.1) is 0 Å². The van der Waals surface area contributed by atoms with Crippen molar-refractivity contribution in [3.63, 3.8) is 0 Å². The van der Waals surface area contributed by atoms with Crippen molar-refractivity contribution >= 4 is 17.7 Å². The molecule has 0 saturated heterocycles. The molecular weight excluding hydrogens is 376 g/mol. The molecule has 0 aromatic carbocycles. The van der Waals surface area contributed by atoms with Crippen molar-refractivity contribution in [3.8, 4) is 0 Å². The Morgan fingerprint density at radius 3 is 1.71 bits per heavy atom. The molecule has 0 radical (unpaired) electrons. The van der Waals surface area contributed by atoms with E-state index in [9.17, 15) is 4.79 Å². The molecule has 5 nitrogen and oxygen atoms in total. The lowest BCUT2D eigenvalue weighted by Crippen LogP contribution is -2.11. The minimum Gasteiger partial charge on any atom is -0.481 e. The summed E-state index contributed by atoms with van der Waals surface area (Å²) in [5.41, 5.74) is 0. The zero-order valence-corrected chi connectivity index (χ0v) is 18.9. The molecule has 0 spiro atoms. The zero-order chi connectivity index (χ0) is 20.5. The molecule has 0 unspecified atom stereocenters. The van der Waals surface area contributed by atoms with Crippen LogP contribution >= 0.6 is 11.8 Å². The molecule has 0 heterocycles. The van der Waals surface area contributed by atoms with Crippen molar-refractivity contribution in [1.82, 2.24) is 0 Å². The van der Waals surface area contributed by atoms with Gasteiger partial charge >= 0.3 is 5.97 Å². The van der Waals surface area contributed by atoms with Gasteiger partial charge in [-0.15, -0.1) is 0 Å². The minimum atomic E-state index is -0.721. The van der Waals surface area contributed by atoms with Crippen molar-refractivity contribution in [3.05, 3.63) is 0 Å². The maximum absolute atomic E-state index is 10.4. The molecule has 0 fully saturated rings. The van der Waals surface area contributed by atoms with Crippen molar-refractivity contribution in [2.45, 2.75) is 84.0 Å². The third-order valence-electron chi connectivity index (χ3n) is 4.44. The molecule has 6 heteroatoms. The summed E-state index contributed by atoms with van der Waals surface area (Å²) in [7, 11) is 0. The molecule has 0 bridgehead atoms. The fourth-order valence-corrected chi connectivity index (χ4v) is 3.57. The molecule has 0 rings (SSSR count). The topological polar surface area (TPSA) is 65.0 Å². The van der Waals surface area contributed by atoms with Gasteiger partial charge in [0.05, 0.1) is 33.0 Å². The predicted molar refractivity (Wildman–Crippen MR) is 118 cm³/mol. The number of rotatable bonds is 24. The van der Waals surface area contributed by atoms with E-state index in [4.69, 9.17) is 19.3 Å². The standard InChI is InChI=1S/C22H44O5S/c1-2-3-4-5-6-7-8-9-10-11-14-25-15-16-26-17-18-27-19-21-28-20-12-13-22(23)24/h2-21H2,1H3,(H,23,24). The van der Waals surface area contributed by atoms with E-state index in [2.05, 4.69) is 6.92 Å². The van der Waals surface area contributed by atoms with Crippen LogP contribution in [-0.2, 0) is 19.0 Å². The van der Waals surface area contributed by atoms with Gasteiger partial charge in [0.1, 0.15) is 0 Å². The summed E-state index contributed by atoms with van der Waals surface area (Å²) >= 11 is 1.74. The van der Waals surface area contributed by atoms with E-state index in [0.717, 1.165) is 31.0 Å².